The highest BCUT2D eigenvalue weighted by Gasteiger charge is 2.24. The van der Waals surface area contributed by atoms with E-state index in [0.717, 1.165) is 13.0 Å². The Balaban J connectivity index is 1.92. The number of carbonyl (C=O) groups excluding carboxylic acids is 1. The molecular weight excluding hydrogens is 261 g/mol. The van der Waals surface area contributed by atoms with Crippen LogP contribution in [0, 0.1) is 17.1 Å². The summed E-state index contributed by atoms with van der Waals surface area (Å²) in [5.41, 5.74) is 5.97. The van der Waals surface area contributed by atoms with Crippen LogP contribution in [0.2, 0.25) is 0 Å². The van der Waals surface area contributed by atoms with Gasteiger partial charge in [0.2, 0.25) is 5.91 Å². The molecule has 2 rings (SSSR count). The molecule has 1 aromatic rings. The number of likely N-dealkylation sites (tertiary alicyclic amines) is 1. The van der Waals surface area contributed by atoms with Gasteiger partial charge in [0.15, 0.2) is 0 Å². The summed E-state index contributed by atoms with van der Waals surface area (Å²) in [6, 6.07) is 6.33. The second-order valence-electron chi connectivity index (χ2n) is 4.84. The average Bonchev–Trinajstić information content (AvgIpc) is 2.86. The van der Waals surface area contributed by atoms with E-state index in [-0.39, 0.29) is 18.5 Å². The van der Waals surface area contributed by atoms with Crippen LogP contribution in [0.5, 0.6) is 0 Å². The molecule has 0 unspecified atom stereocenters. The molecule has 1 aliphatic heterocycles. The van der Waals surface area contributed by atoms with Crippen molar-refractivity contribution < 1.29 is 13.9 Å². The second-order valence-corrected chi connectivity index (χ2v) is 4.84. The molecule has 1 amide bonds. The molecule has 0 aliphatic carbocycles. The summed E-state index contributed by atoms with van der Waals surface area (Å²) in [6.07, 6.45) is 0.733. The molecule has 6 heteroatoms. The van der Waals surface area contributed by atoms with E-state index in [9.17, 15) is 9.18 Å². The third kappa shape index (κ3) is 3.76. The van der Waals surface area contributed by atoms with Crippen LogP contribution in [0.3, 0.4) is 0 Å². The number of carbonyl (C=O) groups is 1. The Morgan fingerprint density at radius 2 is 2.40 bits per heavy atom. The summed E-state index contributed by atoms with van der Waals surface area (Å²) >= 11 is 0. The smallest absolute Gasteiger partial charge is 0.243 e. The fourth-order valence-corrected chi connectivity index (χ4v) is 2.28. The van der Waals surface area contributed by atoms with Crippen LogP contribution in [0.15, 0.2) is 18.2 Å². The van der Waals surface area contributed by atoms with Crippen molar-refractivity contribution in [3.05, 3.63) is 35.1 Å². The van der Waals surface area contributed by atoms with E-state index >= 15 is 0 Å². The van der Waals surface area contributed by atoms with Gasteiger partial charge in [-0.2, -0.15) is 5.26 Å². The van der Waals surface area contributed by atoms with Gasteiger partial charge in [0.05, 0.1) is 17.7 Å². The Labute approximate surface area is 116 Å². The lowest BCUT2D eigenvalue weighted by Crippen LogP contribution is -2.27. The zero-order chi connectivity index (χ0) is 14.5. The Kier molecular flexibility index (Phi) is 4.66. The summed E-state index contributed by atoms with van der Waals surface area (Å²) in [4.78, 5) is 12.7. The van der Waals surface area contributed by atoms with E-state index in [1.807, 2.05) is 11.0 Å². The van der Waals surface area contributed by atoms with Crippen LogP contribution in [0.4, 0.5) is 4.39 Å². The summed E-state index contributed by atoms with van der Waals surface area (Å²) < 4.78 is 19.0. The lowest BCUT2D eigenvalue weighted by atomic mass is 10.1. The molecule has 20 heavy (non-hydrogen) atoms. The summed E-state index contributed by atoms with van der Waals surface area (Å²) in [5.74, 6) is -0.804. The van der Waals surface area contributed by atoms with Crippen molar-refractivity contribution in [1.29, 1.82) is 5.26 Å². The van der Waals surface area contributed by atoms with Crippen LogP contribution in [0.25, 0.3) is 0 Å². The van der Waals surface area contributed by atoms with E-state index < -0.39 is 5.91 Å². The highest BCUT2D eigenvalue weighted by atomic mass is 19.1. The molecule has 1 atom stereocenters. The Morgan fingerprint density at radius 3 is 3.10 bits per heavy atom. The molecule has 1 aromatic carbocycles. The lowest BCUT2D eigenvalue weighted by Gasteiger charge is -2.16. The van der Waals surface area contributed by atoms with Crippen molar-refractivity contribution in [2.75, 3.05) is 19.7 Å². The molecule has 0 aromatic heterocycles. The number of hydrogen-bond donors (Lipinski definition) is 1. The first-order valence-electron chi connectivity index (χ1n) is 6.39. The van der Waals surface area contributed by atoms with E-state index in [4.69, 9.17) is 15.7 Å². The van der Waals surface area contributed by atoms with Crippen LogP contribution in [-0.4, -0.2) is 36.6 Å². The first-order chi connectivity index (χ1) is 9.58. The molecule has 2 N–H and O–H groups in total. The number of nitrogens with zero attached hydrogens (tertiary/aromatic N) is 2. The standard InChI is InChI=1S/C14H16FN3O2/c15-13-2-1-10(6-16)5-11(13)7-18-4-3-12(8-18)20-9-14(17)19/h1-2,5,12H,3-4,7-9H2,(H2,17,19)/t12-/m1/s1. The maximum Gasteiger partial charge on any atom is 0.243 e. The number of amides is 1. The quantitative estimate of drug-likeness (QED) is 0.862. The minimum Gasteiger partial charge on any atom is -0.368 e. The number of nitrogens with two attached hydrogens (primary N) is 1. The van der Waals surface area contributed by atoms with Crippen molar-refractivity contribution in [2.45, 2.75) is 19.1 Å². The molecule has 5 nitrogen and oxygen atoms in total. The van der Waals surface area contributed by atoms with Crippen LogP contribution in [0.1, 0.15) is 17.5 Å². The highest BCUT2D eigenvalue weighted by molar-refractivity contribution is 5.75. The number of benzene rings is 1. The predicted octanol–water partition coefficient (Wildman–Crippen LogP) is 0.774. The van der Waals surface area contributed by atoms with Crippen LogP contribution >= 0.6 is 0 Å². The predicted molar refractivity (Wildman–Crippen MR) is 69.9 cm³/mol. The zero-order valence-corrected chi connectivity index (χ0v) is 11.0. The molecule has 0 saturated carbocycles. The van der Waals surface area contributed by atoms with Crippen molar-refractivity contribution in [3.63, 3.8) is 0 Å². The van der Waals surface area contributed by atoms with E-state index in [1.165, 1.54) is 12.1 Å². The number of nitriles is 1. The van der Waals surface area contributed by atoms with Gasteiger partial charge < -0.3 is 10.5 Å². The number of ether oxygens (including phenoxy) is 1. The first-order valence-corrected chi connectivity index (χ1v) is 6.39. The SMILES string of the molecule is N#Cc1ccc(F)c(CN2CC[C@@H](OCC(N)=O)C2)c1. The number of rotatable bonds is 5. The fourth-order valence-electron chi connectivity index (χ4n) is 2.28. The minimum absolute atomic E-state index is 0.0512. The van der Waals surface area contributed by atoms with Gasteiger partial charge in [0.1, 0.15) is 12.4 Å². The number of hydrogen-bond acceptors (Lipinski definition) is 4. The molecule has 1 aliphatic rings. The fraction of sp³-hybridized carbons (Fsp3) is 0.429. The van der Waals surface area contributed by atoms with E-state index in [0.29, 0.717) is 24.2 Å². The van der Waals surface area contributed by atoms with Crippen molar-refractivity contribution >= 4 is 5.91 Å². The van der Waals surface area contributed by atoms with Gasteiger partial charge in [-0.15, -0.1) is 0 Å². The monoisotopic (exact) mass is 277 g/mol. The van der Waals surface area contributed by atoms with Gasteiger partial charge in [-0.25, -0.2) is 4.39 Å². The Morgan fingerprint density at radius 1 is 1.60 bits per heavy atom. The Bertz CT molecular complexity index is 542. The van der Waals surface area contributed by atoms with Crippen molar-refractivity contribution in [2.24, 2.45) is 5.73 Å². The summed E-state index contributed by atoms with van der Waals surface area (Å²) in [7, 11) is 0. The molecule has 0 radical (unpaired) electrons. The summed E-state index contributed by atoms with van der Waals surface area (Å²) in [6.45, 7) is 1.73. The van der Waals surface area contributed by atoms with Gasteiger partial charge in [0.25, 0.3) is 0 Å². The molecule has 0 spiro atoms. The van der Waals surface area contributed by atoms with Gasteiger partial charge >= 0.3 is 0 Å². The number of primary amides is 1. The maximum absolute atomic E-state index is 13.7. The molecule has 1 heterocycles. The molecule has 0 bridgehead atoms. The lowest BCUT2D eigenvalue weighted by molar-refractivity contribution is -0.124. The first kappa shape index (κ1) is 14.4. The van der Waals surface area contributed by atoms with Gasteiger partial charge in [-0.3, -0.25) is 9.69 Å². The molecule has 106 valence electrons. The van der Waals surface area contributed by atoms with Crippen molar-refractivity contribution in [1.82, 2.24) is 4.90 Å². The largest absolute Gasteiger partial charge is 0.368 e. The normalized spacial score (nSPS) is 18.9. The Hall–Kier alpha value is -1.97. The van der Waals surface area contributed by atoms with Crippen molar-refractivity contribution in [3.8, 4) is 6.07 Å². The third-order valence-corrected chi connectivity index (χ3v) is 3.26. The van der Waals surface area contributed by atoms with Crippen LogP contribution in [-0.2, 0) is 16.1 Å². The highest BCUT2D eigenvalue weighted by Crippen LogP contribution is 2.18. The molecule has 1 fully saturated rings. The zero-order valence-electron chi connectivity index (χ0n) is 11.0. The maximum atomic E-state index is 13.7. The molecule has 1 saturated heterocycles. The van der Waals surface area contributed by atoms with Gasteiger partial charge in [-0.1, -0.05) is 0 Å². The summed E-state index contributed by atoms with van der Waals surface area (Å²) in [5, 5.41) is 8.83. The van der Waals surface area contributed by atoms with E-state index in [2.05, 4.69) is 0 Å². The van der Waals surface area contributed by atoms with Gasteiger partial charge in [0, 0.05) is 25.2 Å². The minimum atomic E-state index is -0.490. The second kappa shape index (κ2) is 6.46. The molecular formula is C14H16FN3O2. The number of halogens is 1. The van der Waals surface area contributed by atoms with E-state index in [1.54, 1.807) is 6.07 Å². The van der Waals surface area contributed by atoms with Gasteiger partial charge in [-0.05, 0) is 24.6 Å². The third-order valence-electron chi connectivity index (χ3n) is 3.26. The topological polar surface area (TPSA) is 79.3 Å². The van der Waals surface area contributed by atoms with Crippen LogP contribution < -0.4 is 5.73 Å². The average molecular weight is 277 g/mol.